The van der Waals surface area contributed by atoms with Crippen LogP contribution in [0.5, 0.6) is 0 Å². The van der Waals surface area contributed by atoms with Gasteiger partial charge in [-0.2, -0.15) is 13.2 Å². The van der Waals surface area contributed by atoms with E-state index >= 15 is 0 Å². The smallest absolute Gasteiger partial charge is 0.394 e. The summed E-state index contributed by atoms with van der Waals surface area (Å²) in [5.74, 6) is -1.50. The summed E-state index contributed by atoms with van der Waals surface area (Å²) in [5, 5.41) is 8.23. The van der Waals surface area contributed by atoms with E-state index in [1.807, 2.05) is 4.90 Å². The third-order valence-electron chi connectivity index (χ3n) is 6.99. The number of allylic oxidation sites excluding steroid dienone is 4. The van der Waals surface area contributed by atoms with E-state index in [-0.39, 0.29) is 40.3 Å². The molecule has 0 saturated heterocycles. The highest BCUT2D eigenvalue weighted by Crippen LogP contribution is 2.34. The van der Waals surface area contributed by atoms with Gasteiger partial charge in [0, 0.05) is 71.1 Å². The summed E-state index contributed by atoms with van der Waals surface area (Å²) in [6.45, 7) is -0.437. The topological polar surface area (TPSA) is 208 Å². The fourth-order valence-electron chi connectivity index (χ4n) is 4.44. The van der Waals surface area contributed by atoms with Gasteiger partial charge in [-0.3, -0.25) is 24.8 Å². The highest BCUT2D eigenvalue weighted by molar-refractivity contribution is 5.97. The van der Waals surface area contributed by atoms with E-state index in [0.29, 0.717) is 22.6 Å². The van der Waals surface area contributed by atoms with Crippen molar-refractivity contribution in [2.75, 3.05) is 52.0 Å². The molecule has 254 valence electrons. The van der Waals surface area contributed by atoms with Crippen LogP contribution in [0.1, 0.15) is 18.4 Å². The summed E-state index contributed by atoms with van der Waals surface area (Å²) in [6, 6.07) is 5.30. The number of nitrogens with one attached hydrogen (secondary N) is 5. The minimum absolute atomic E-state index is 0.00217. The molecule has 3 rings (SSSR count). The molecule has 0 radical (unpaired) electrons. The Labute approximate surface area is 270 Å². The monoisotopic (exact) mass is 659 g/mol. The van der Waals surface area contributed by atoms with Gasteiger partial charge in [0.25, 0.3) is 11.8 Å². The van der Waals surface area contributed by atoms with Crippen molar-refractivity contribution in [2.24, 2.45) is 28.1 Å². The maximum absolute atomic E-state index is 13.2. The zero-order valence-electron chi connectivity index (χ0n) is 26.7. The predicted octanol–water partition coefficient (Wildman–Crippen LogP) is 0.674. The summed E-state index contributed by atoms with van der Waals surface area (Å²) in [4.78, 5) is 44.3. The fraction of sp³-hybridized carbons (Fsp3) is 0.333. The second kappa shape index (κ2) is 15.1. The molecule has 0 bridgehead atoms. The first kappa shape index (κ1) is 35.9. The van der Waals surface area contributed by atoms with Gasteiger partial charge >= 0.3 is 6.18 Å². The first-order valence-electron chi connectivity index (χ1n) is 14.3. The van der Waals surface area contributed by atoms with Gasteiger partial charge in [0.2, 0.25) is 5.91 Å². The SMILES string of the molecule is CN=C/C(CN(C)C(=O)C1=CC=C(c2cccc(NC(/C=C(\N)NC(=O)C3CC3)=C(/N)C(=O)NC)c2N(C)C)NN1)=C(\N)C(F)(F)F. The van der Waals surface area contributed by atoms with E-state index in [4.69, 9.17) is 17.2 Å². The number of anilines is 2. The number of aliphatic imine (C=N–C) groups is 1. The fourth-order valence-corrected chi connectivity index (χ4v) is 4.44. The van der Waals surface area contributed by atoms with Crippen molar-refractivity contribution in [1.29, 1.82) is 0 Å². The van der Waals surface area contributed by atoms with Crippen molar-refractivity contribution < 1.29 is 27.6 Å². The molecule has 1 aliphatic heterocycles. The largest absolute Gasteiger partial charge is 0.431 e. The van der Waals surface area contributed by atoms with E-state index in [1.165, 1.54) is 33.3 Å². The van der Waals surface area contributed by atoms with Crippen molar-refractivity contribution in [3.63, 3.8) is 0 Å². The molecule has 1 fully saturated rings. The molecule has 1 heterocycles. The Bertz CT molecular complexity index is 1590. The zero-order chi connectivity index (χ0) is 35.1. The molecule has 47 heavy (non-hydrogen) atoms. The summed E-state index contributed by atoms with van der Waals surface area (Å²) >= 11 is 0. The number of amides is 3. The Morgan fingerprint density at radius 2 is 1.77 bits per heavy atom. The van der Waals surface area contributed by atoms with Crippen molar-refractivity contribution >= 4 is 41.0 Å². The number of hydrogen-bond donors (Lipinski definition) is 8. The summed E-state index contributed by atoms with van der Waals surface area (Å²) in [5.41, 5.74) is 23.9. The number of rotatable bonds is 12. The molecule has 0 atom stereocenters. The van der Waals surface area contributed by atoms with Crippen LogP contribution in [-0.2, 0) is 14.4 Å². The van der Waals surface area contributed by atoms with Crippen molar-refractivity contribution in [1.82, 2.24) is 26.4 Å². The minimum atomic E-state index is -4.78. The molecule has 1 aromatic rings. The number of nitrogens with two attached hydrogens (primary N) is 3. The molecular formula is C30H40F3N11O3. The van der Waals surface area contributed by atoms with Gasteiger partial charge in [-0.15, -0.1) is 0 Å². The van der Waals surface area contributed by atoms with Gasteiger partial charge in [0.05, 0.1) is 22.8 Å². The van der Waals surface area contributed by atoms with Crippen molar-refractivity contribution in [3.05, 3.63) is 76.2 Å². The number of carbonyl (C=O) groups is 3. The third-order valence-corrected chi connectivity index (χ3v) is 6.99. The van der Waals surface area contributed by atoms with Crippen LogP contribution in [0, 0.1) is 5.92 Å². The number of para-hydroxylation sites is 1. The highest BCUT2D eigenvalue weighted by atomic mass is 19.4. The second-order valence-electron chi connectivity index (χ2n) is 10.9. The van der Waals surface area contributed by atoms with Gasteiger partial charge in [-0.25, -0.2) is 0 Å². The van der Waals surface area contributed by atoms with E-state index in [0.717, 1.165) is 24.0 Å². The normalized spacial score (nSPS) is 16.0. The first-order valence-corrected chi connectivity index (χ1v) is 14.3. The number of hydrazine groups is 1. The van der Waals surface area contributed by atoms with Crippen LogP contribution in [0.25, 0.3) is 5.70 Å². The molecule has 14 nitrogen and oxygen atoms in total. The average Bonchev–Trinajstić information content (AvgIpc) is 3.88. The first-order chi connectivity index (χ1) is 22.1. The van der Waals surface area contributed by atoms with Gasteiger partial charge in [0.15, 0.2) is 0 Å². The molecule has 1 aromatic carbocycles. The van der Waals surface area contributed by atoms with Gasteiger partial charge < -0.3 is 48.4 Å². The maximum atomic E-state index is 13.2. The molecule has 11 N–H and O–H groups in total. The number of hydrogen-bond acceptors (Lipinski definition) is 11. The molecule has 1 aliphatic carbocycles. The summed E-state index contributed by atoms with van der Waals surface area (Å²) in [7, 11) is 7.65. The van der Waals surface area contributed by atoms with E-state index in [9.17, 15) is 27.6 Å². The summed E-state index contributed by atoms with van der Waals surface area (Å²) in [6.07, 6.45) is 2.21. The molecule has 1 saturated carbocycles. The molecule has 2 aliphatic rings. The number of nitrogens with zero attached hydrogens (tertiary/aromatic N) is 3. The number of benzene rings is 1. The molecule has 17 heteroatoms. The lowest BCUT2D eigenvalue weighted by molar-refractivity contribution is -0.126. The number of carbonyl (C=O) groups excluding carboxylic acids is 3. The van der Waals surface area contributed by atoms with Gasteiger partial charge in [-0.1, -0.05) is 12.1 Å². The highest BCUT2D eigenvalue weighted by Gasteiger charge is 2.34. The molecule has 3 amide bonds. The third kappa shape index (κ3) is 9.21. The van der Waals surface area contributed by atoms with Crippen LogP contribution in [-0.4, -0.2) is 76.8 Å². The van der Waals surface area contributed by atoms with Crippen LogP contribution in [0.15, 0.2) is 75.6 Å². The van der Waals surface area contributed by atoms with Crippen molar-refractivity contribution in [2.45, 2.75) is 19.0 Å². The lowest BCUT2D eigenvalue weighted by Crippen LogP contribution is -2.42. The molecular weight excluding hydrogens is 619 g/mol. The molecule has 0 aromatic heterocycles. The van der Waals surface area contributed by atoms with Crippen molar-refractivity contribution in [3.8, 4) is 0 Å². The predicted molar refractivity (Wildman–Crippen MR) is 174 cm³/mol. The van der Waals surface area contributed by atoms with Crippen LogP contribution < -0.4 is 48.9 Å². The lowest BCUT2D eigenvalue weighted by Gasteiger charge is -2.27. The van der Waals surface area contributed by atoms with E-state index in [2.05, 4.69) is 31.8 Å². The molecule has 0 spiro atoms. The van der Waals surface area contributed by atoms with E-state index in [1.54, 1.807) is 38.4 Å². The van der Waals surface area contributed by atoms with E-state index < -0.39 is 30.2 Å². The molecule has 0 unspecified atom stereocenters. The number of halogens is 3. The standard InChI is InChI=1S/C30H40F3N11O3/c1-37-14-17(26(36)30(31,32)33)15-44(5)29(47)21-12-11-19(41-42-21)18-7-6-8-20(25(18)43(3)4)39-22(24(35)28(46)38-2)13-23(34)40-27(45)16-9-10-16/h6-8,11-14,16,39,41-42H,9-10,15,34-36H2,1-5H3,(H,38,46)(H,40,45)/b23-13+,24-22+,26-17+,37-14?. The Balaban J connectivity index is 1.93. The van der Waals surface area contributed by atoms with Gasteiger partial charge in [-0.05, 0) is 31.1 Å². The Morgan fingerprint density at radius 3 is 2.30 bits per heavy atom. The Kier molecular flexibility index (Phi) is 11.5. The van der Waals surface area contributed by atoms with Crippen LogP contribution in [0.3, 0.4) is 0 Å². The van der Waals surface area contributed by atoms with Crippen LogP contribution >= 0.6 is 0 Å². The van der Waals surface area contributed by atoms with Gasteiger partial charge in [0.1, 0.15) is 22.9 Å². The average molecular weight is 660 g/mol. The van der Waals surface area contributed by atoms with Crippen LogP contribution in [0.2, 0.25) is 0 Å². The number of alkyl halides is 3. The van der Waals surface area contributed by atoms with Crippen LogP contribution in [0.4, 0.5) is 24.5 Å². The Hall–Kier alpha value is -5.61. The quantitative estimate of drug-likeness (QED) is 0.0894. The second-order valence-corrected chi connectivity index (χ2v) is 10.9. The Morgan fingerprint density at radius 1 is 1.09 bits per heavy atom. The summed E-state index contributed by atoms with van der Waals surface area (Å²) < 4.78 is 39.6. The lowest BCUT2D eigenvalue weighted by atomic mass is 10.0. The zero-order valence-corrected chi connectivity index (χ0v) is 26.7. The number of likely N-dealkylation sites (N-methyl/N-ethyl adjacent to an activating group) is 2. The maximum Gasteiger partial charge on any atom is 0.431 e. The minimum Gasteiger partial charge on any atom is -0.394 e.